The van der Waals surface area contributed by atoms with Crippen molar-refractivity contribution >= 4 is 43.6 Å². The summed E-state index contributed by atoms with van der Waals surface area (Å²) in [6.07, 6.45) is 6.69. The second-order valence-electron chi connectivity index (χ2n) is 5.78. The van der Waals surface area contributed by atoms with Crippen LogP contribution >= 0.6 is 11.3 Å². The van der Waals surface area contributed by atoms with Crippen molar-refractivity contribution in [2.45, 2.75) is 0 Å². The third kappa shape index (κ3) is 2.46. The Labute approximate surface area is 151 Å². The van der Waals surface area contributed by atoms with Crippen molar-refractivity contribution in [1.29, 1.82) is 0 Å². The molecule has 0 aliphatic carbocycles. The van der Waals surface area contributed by atoms with Crippen LogP contribution in [0.2, 0.25) is 0 Å². The number of pyridine rings is 1. The van der Waals surface area contributed by atoms with Gasteiger partial charge >= 0.3 is 0 Å². The van der Waals surface area contributed by atoms with Gasteiger partial charge in [-0.25, -0.2) is 9.97 Å². The fourth-order valence-electron chi connectivity index (χ4n) is 2.88. The van der Waals surface area contributed by atoms with Gasteiger partial charge in [0.2, 0.25) is 0 Å². The van der Waals surface area contributed by atoms with Gasteiger partial charge in [-0.1, -0.05) is 23.5 Å². The zero-order valence-electron chi connectivity index (χ0n) is 13.4. The second kappa shape index (κ2) is 5.82. The Balaban J connectivity index is 1.49. The Hall–Kier alpha value is -3.45. The molecule has 0 fully saturated rings. The number of nitrogens with zero attached hydrogens (tertiary/aromatic N) is 2. The van der Waals surface area contributed by atoms with Crippen molar-refractivity contribution < 1.29 is 9.21 Å². The fraction of sp³-hybridized carbons (Fsp3) is 0. The predicted octanol–water partition coefficient (Wildman–Crippen LogP) is 4.68. The van der Waals surface area contributed by atoms with Gasteiger partial charge in [-0.15, -0.1) is 0 Å². The number of hydrogen-bond acceptors (Lipinski definition) is 5. The molecule has 2 N–H and O–H groups in total. The molecule has 0 aliphatic heterocycles. The van der Waals surface area contributed by atoms with Crippen LogP contribution in [-0.2, 0) is 0 Å². The smallest absolute Gasteiger partial charge is 0.259 e. The molecular formula is C19H12N4O2S. The molecular weight excluding hydrogens is 348 g/mol. The lowest BCUT2D eigenvalue weighted by Crippen LogP contribution is -2.11. The minimum atomic E-state index is -0.238. The number of rotatable bonds is 3. The molecule has 0 spiro atoms. The maximum Gasteiger partial charge on any atom is 0.259 e. The van der Waals surface area contributed by atoms with E-state index in [0.29, 0.717) is 10.7 Å². The molecule has 5 rings (SSSR count). The first-order valence-electron chi connectivity index (χ1n) is 7.94. The van der Waals surface area contributed by atoms with Gasteiger partial charge in [-0.2, -0.15) is 0 Å². The molecule has 5 aromatic rings. The average Bonchev–Trinajstić information content (AvgIpc) is 3.39. The molecule has 0 radical (unpaired) electrons. The van der Waals surface area contributed by atoms with Gasteiger partial charge in [0.1, 0.15) is 5.65 Å². The normalized spacial score (nSPS) is 11.2. The molecule has 4 aromatic heterocycles. The van der Waals surface area contributed by atoms with E-state index in [1.165, 1.54) is 11.3 Å². The number of carbonyl (C=O) groups is 1. The van der Waals surface area contributed by atoms with Crippen molar-refractivity contribution in [1.82, 2.24) is 15.0 Å². The molecule has 7 heteroatoms. The number of carbonyl (C=O) groups excluding carboxylic acids is 1. The lowest BCUT2D eigenvalue weighted by atomic mass is 10.1. The largest absolute Gasteiger partial charge is 0.472 e. The fourth-order valence-corrected chi connectivity index (χ4v) is 3.74. The standard InChI is InChI=1S/C19H12N4O2S/c24-18(23-19-22-15-3-1-2-4-16(15)26-19)12-7-13-14(11-5-6-25-10-11)9-21-17(13)20-8-12/h1-10H,(H,20,21)(H,22,23,24). The molecule has 0 bridgehead atoms. The monoisotopic (exact) mass is 360 g/mol. The average molecular weight is 360 g/mol. The van der Waals surface area contributed by atoms with Gasteiger partial charge < -0.3 is 9.40 Å². The van der Waals surface area contributed by atoms with Crippen molar-refractivity contribution in [3.05, 3.63) is 66.9 Å². The number of para-hydroxylation sites is 1. The summed E-state index contributed by atoms with van der Waals surface area (Å²) in [5.41, 5.74) is 3.94. The van der Waals surface area contributed by atoms with Crippen molar-refractivity contribution in [3.63, 3.8) is 0 Å². The van der Waals surface area contributed by atoms with Crippen LogP contribution in [0, 0.1) is 0 Å². The lowest BCUT2D eigenvalue weighted by Gasteiger charge is -2.02. The Morgan fingerprint density at radius 1 is 1.23 bits per heavy atom. The second-order valence-corrected chi connectivity index (χ2v) is 6.81. The number of aromatic nitrogens is 3. The molecule has 1 amide bonds. The number of H-pyrrole nitrogens is 1. The third-order valence-corrected chi connectivity index (χ3v) is 5.09. The Morgan fingerprint density at radius 3 is 3.00 bits per heavy atom. The van der Waals surface area contributed by atoms with Crippen molar-refractivity contribution in [2.24, 2.45) is 0 Å². The van der Waals surface area contributed by atoms with E-state index < -0.39 is 0 Å². The number of fused-ring (bicyclic) bond motifs is 2. The topological polar surface area (TPSA) is 83.8 Å². The van der Waals surface area contributed by atoms with E-state index in [1.807, 2.05) is 42.6 Å². The Morgan fingerprint density at radius 2 is 2.15 bits per heavy atom. The van der Waals surface area contributed by atoms with E-state index in [1.54, 1.807) is 18.7 Å². The summed E-state index contributed by atoms with van der Waals surface area (Å²) in [6.45, 7) is 0. The molecule has 0 aliphatic rings. The van der Waals surface area contributed by atoms with Crippen LogP contribution in [0.4, 0.5) is 5.13 Å². The molecule has 0 saturated heterocycles. The number of amides is 1. The lowest BCUT2D eigenvalue weighted by molar-refractivity contribution is 0.102. The highest BCUT2D eigenvalue weighted by atomic mass is 32.1. The van der Waals surface area contributed by atoms with E-state index in [9.17, 15) is 4.79 Å². The van der Waals surface area contributed by atoms with Gasteiger partial charge in [-0.3, -0.25) is 10.1 Å². The number of benzene rings is 1. The van der Waals surface area contributed by atoms with E-state index in [-0.39, 0.29) is 5.91 Å². The first-order valence-corrected chi connectivity index (χ1v) is 8.76. The maximum atomic E-state index is 12.6. The summed E-state index contributed by atoms with van der Waals surface area (Å²) in [6, 6.07) is 11.5. The van der Waals surface area contributed by atoms with Gasteiger partial charge in [0.25, 0.3) is 5.91 Å². The number of thiazole rings is 1. The van der Waals surface area contributed by atoms with E-state index in [4.69, 9.17) is 4.42 Å². The highest BCUT2D eigenvalue weighted by Gasteiger charge is 2.14. The van der Waals surface area contributed by atoms with Crippen LogP contribution in [-0.4, -0.2) is 20.9 Å². The van der Waals surface area contributed by atoms with E-state index in [2.05, 4.69) is 20.3 Å². The molecule has 1 aromatic carbocycles. The molecule has 26 heavy (non-hydrogen) atoms. The third-order valence-electron chi connectivity index (χ3n) is 4.14. The molecule has 0 unspecified atom stereocenters. The summed E-state index contributed by atoms with van der Waals surface area (Å²) in [4.78, 5) is 24.5. The first-order chi connectivity index (χ1) is 12.8. The van der Waals surface area contributed by atoms with Crippen LogP contribution in [0.3, 0.4) is 0 Å². The zero-order chi connectivity index (χ0) is 17.5. The van der Waals surface area contributed by atoms with Crippen molar-refractivity contribution in [3.8, 4) is 11.1 Å². The van der Waals surface area contributed by atoms with E-state index in [0.717, 1.165) is 32.4 Å². The van der Waals surface area contributed by atoms with Crippen LogP contribution in [0.15, 0.2) is 65.7 Å². The number of anilines is 1. The van der Waals surface area contributed by atoms with Gasteiger partial charge in [0.05, 0.1) is 28.3 Å². The van der Waals surface area contributed by atoms with Crippen LogP contribution in [0.25, 0.3) is 32.4 Å². The molecule has 4 heterocycles. The molecule has 0 atom stereocenters. The highest BCUT2D eigenvalue weighted by molar-refractivity contribution is 7.22. The first kappa shape index (κ1) is 14.9. The maximum absolute atomic E-state index is 12.6. The summed E-state index contributed by atoms with van der Waals surface area (Å²) in [5.74, 6) is -0.238. The van der Waals surface area contributed by atoms with Gasteiger partial charge in [0, 0.05) is 28.9 Å². The highest BCUT2D eigenvalue weighted by Crippen LogP contribution is 2.29. The minimum Gasteiger partial charge on any atom is -0.472 e. The Kier molecular flexibility index (Phi) is 3.32. The molecule has 0 saturated carbocycles. The molecule has 126 valence electrons. The number of furan rings is 1. The Bertz CT molecular complexity index is 1200. The predicted molar refractivity (Wildman–Crippen MR) is 101 cm³/mol. The van der Waals surface area contributed by atoms with Crippen LogP contribution < -0.4 is 5.32 Å². The van der Waals surface area contributed by atoms with Crippen LogP contribution in [0.5, 0.6) is 0 Å². The number of hydrogen-bond donors (Lipinski definition) is 2. The van der Waals surface area contributed by atoms with Gasteiger partial charge in [-0.05, 0) is 24.3 Å². The minimum absolute atomic E-state index is 0.238. The summed E-state index contributed by atoms with van der Waals surface area (Å²) in [7, 11) is 0. The zero-order valence-corrected chi connectivity index (χ0v) is 14.2. The number of nitrogens with one attached hydrogen (secondary N) is 2. The quantitative estimate of drug-likeness (QED) is 0.489. The number of aromatic amines is 1. The van der Waals surface area contributed by atoms with Gasteiger partial charge in [0.15, 0.2) is 5.13 Å². The van der Waals surface area contributed by atoms with Crippen LogP contribution in [0.1, 0.15) is 10.4 Å². The molecule has 6 nitrogen and oxygen atoms in total. The van der Waals surface area contributed by atoms with E-state index >= 15 is 0 Å². The summed E-state index contributed by atoms with van der Waals surface area (Å²) < 4.78 is 6.18. The summed E-state index contributed by atoms with van der Waals surface area (Å²) >= 11 is 1.44. The van der Waals surface area contributed by atoms with Crippen molar-refractivity contribution in [2.75, 3.05) is 5.32 Å². The summed E-state index contributed by atoms with van der Waals surface area (Å²) in [5, 5.41) is 4.29. The SMILES string of the molecule is O=C(Nc1nc2ccccc2s1)c1cnc2[nH]cc(-c3ccoc3)c2c1.